The fraction of sp³-hybridized carbons (Fsp3) is 0.222. The van der Waals surface area contributed by atoms with Crippen LogP contribution in [0, 0.1) is 13.8 Å². The van der Waals surface area contributed by atoms with Gasteiger partial charge in [0.25, 0.3) is 0 Å². The van der Waals surface area contributed by atoms with E-state index in [1.165, 1.54) is 16.7 Å². The molecule has 1 aromatic heterocycles. The number of nitrogens with one attached hydrogen (secondary N) is 1. The van der Waals surface area contributed by atoms with Crippen molar-refractivity contribution in [3.05, 3.63) is 71.0 Å². The molecule has 0 spiro atoms. The van der Waals surface area contributed by atoms with Gasteiger partial charge in [-0.05, 0) is 49.2 Å². The number of rotatable bonds is 5. The Hall–Kier alpha value is -2.66. The van der Waals surface area contributed by atoms with E-state index in [4.69, 9.17) is 5.11 Å². The largest absolute Gasteiger partial charge is 0.390 e. The number of hydrogen-bond acceptors (Lipinski definition) is 4. The van der Waals surface area contributed by atoms with Crippen molar-refractivity contribution in [2.75, 3.05) is 5.32 Å². The molecule has 0 saturated heterocycles. The van der Waals surface area contributed by atoms with Crippen molar-refractivity contribution in [3.63, 3.8) is 0 Å². The maximum absolute atomic E-state index is 9.03. The molecular weight excluding hydrogens is 288 g/mol. The molecular formula is C18H20N4O. The van der Waals surface area contributed by atoms with Crippen LogP contribution in [0.2, 0.25) is 0 Å². The Labute approximate surface area is 135 Å². The number of aryl methyl sites for hydroxylation is 2. The lowest BCUT2D eigenvalue weighted by Gasteiger charge is -2.10. The Balaban J connectivity index is 1.67. The van der Waals surface area contributed by atoms with Crippen LogP contribution < -0.4 is 5.32 Å². The highest BCUT2D eigenvalue weighted by molar-refractivity contribution is 5.49. The molecule has 5 nitrogen and oxygen atoms in total. The van der Waals surface area contributed by atoms with E-state index in [1.807, 2.05) is 24.3 Å². The second-order valence-corrected chi connectivity index (χ2v) is 5.64. The Morgan fingerprint density at radius 1 is 1.09 bits per heavy atom. The smallest absolute Gasteiger partial charge is 0.109 e. The monoisotopic (exact) mass is 308 g/mol. The number of anilines is 1. The molecule has 0 fully saturated rings. The summed E-state index contributed by atoms with van der Waals surface area (Å²) in [5.41, 5.74) is 6.40. The van der Waals surface area contributed by atoms with E-state index < -0.39 is 0 Å². The highest BCUT2D eigenvalue weighted by Crippen LogP contribution is 2.16. The molecule has 0 aliphatic heterocycles. The van der Waals surface area contributed by atoms with E-state index >= 15 is 0 Å². The summed E-state index contributed by atoms with van der Waals surface area (Å²) in [6, 6.07) is 14.5. The summed E-state index contributed by atoms with van der Waals surface area (Å²) in [5, 5.41) is 20.3. The predicted molar refractivity (Wildman–Crippen MR) is 90.5 cm³/mol. The number of benzene rings is 2. The SMILES string of the molecule is Cc1ccc(CNc2ccc(-n3cc(CO)nn3)cc2)c(C)c1. The summed E-state index contributed by atoms with van der Waals surface area (Å²) >= 11 is 0. The Morgan fingerprint density at radius 2 is 1.87 bits per heavy atom. The third kappa shape index (κ3) is 3.57. The molecule has 0 saturated carbocycles. The molecule has 0 amide bonds. The van der Waals surface area contributed by atoms with Crippen LogP contribution in [0.3, 0.4) is 0 Å². The topological polar surface area (TPSA) is 63.0 Å². The van der Waals surface area contributed by atoms with Gasteiger partial charge in [-0.25, -0.2) is 4.68 Å². The summed E-state index contributed by atoms with van der Waals surface area (Å²) in [6.45, 7) is 4.94. The maximum atomic E-state index is 9.03. The molecule has 0 radical (unpaired) electrons. The van der Waals surface area contributed by atoms with Gasteiger partial charge in [-0.3, -0.25) is 0 Å². The quantitative estimate of drug-likeness (QED) is 0.760. The molecule has 0 atom stereocenters. The minimum atomic E-state index is -0.102. The summed E-state index contributed by atoms with van der Waals surface area (Å²) in [7, 11) is 0. The van der Waals surface area contributed by atoms with Gasteiger partial charge in [0.05, 0.1) is 18.5 Å². The van der Waals surface area contributed by atoms with Crippen molar-refractivity contribution < 1.29 is 5.11 Å². The van der Waals surface area contributed by atoms with E-state index in [9.17, 15) is 0 Å². The molecule has 0 unspecified atom stereocenters. The average molecular weight is 308 g/mol. The first kappa shape index (κ1) is 15.2. The standard InChI is InChI=1S/C18H20N4O/c1-13-3-4-15(14(2)9-13)10-19-16-5-7-18(8-6-16)22-11-17(12-23)20-21-22/h3-9,11,19,23H,10,12H2,1-2H3. The van der Waals surface area contributed by atoms with Gasteiger partial charge in [-0.1, -0.05) is 29.0 Å². The third-order valence-corrected chi connectivity index (χ3v) is 3.82. The first-order valence-electron chi connectivity index (χ1n) is 7.58. The van der Waals surface area contributed by atoms with Gasteiger partial charge in [-0.2, -0.15) is 0 Å². The lowest BCUT2D eigenvalue weighted by atomic mass is 10.1. The summed E-state index contributed by atoms with van der Waals surface area (Å²) in [6.07, 6.45) is 1.72. The molecule has 1 heterocycles. The Morgan fingerprint density at radius 3 is 2.52 bits per heavy atom. The van der Waals surface area contributed by atoms with Crippen molar-refractivity contribution in [2.45, 2.75) is 27.0 Å². The van der Waals surface area contributed by atoms with E-state index in [1.54, 1.807) is 10.9 Å². The molecule has 23 heavy (non-hydrogen) atoms. The highest BCUT2D eigenvalue weighted by atomic mass is 16.3. The molecule has 2 N–H and O–H groups in total. The van der Waals surface area contributed by atoms with Gasteiger partial charge < -0.3 is 10.4 Å². The highest BCUT2D eigenvalue weighted by Gasteiger charge is 2.03. The molecule has 5 heteroatoms. The summed E-state index contributed by atoms with van der Waals surface area (Å²) < 4.78 is 1.65. The number of aliphatic hydroxyl groups excluding tert-OH is 1. The summed E-state index contributed by atoms with van der Waals surface area (Å²) in [4.78, 5) is 0. The lowest BCUT2D eigenvalue weighted by Crippen LogP contribution is -2.02. The number of hydrogen-bond donors (Lipinski definition) is 2. The maximum Gasteiger partial charge on any atom is 0.109 e. The molecule has 2 aromatic carbocycles. The molecule has 3 aromatic rings. The number of aliphatic hydroxyl groups is 1. The molecule has 0 aliphatic rings. The second kappa shape index (κ2) is 6.62. The van der Waals surface area contributed by atoms with Crippen molar-refractivity contribution in [1.82, 2.24) is 15.0 Å². The fourth-order valence-electron chi connectivity index (χ4n) is 2.47. The second-order valence-electron chi connectivity index (χ2n) is 5.64. The van der Waals surface area contributed by atoms with Crippen LogP contribution in [0.1, 0.15) is 22.4 Å². The van der Waals surface area contributed by atoms with Gasteiger partial charge in [0.2, 0.25) is 0 Å². The van der Waals surface area contributed by atoms with Crippen molar-refractivity contribution in [1.29, 1.82) is 0 Å². The van der Waals surface area contributed by atoms with E-state index in [0.29, 0.717) is 5.69 Å². The van der Waals surface area contributed by atoms with Crippen LogP contribution in [-0.2, 0) is 13.2 Å². The molecule has 3 rings (SSSR count). The zero-order valence-corrected chi connectivity index (χ0v) is 13.3. The van der Waals surface area contributed by atoms with Crippen molar-refractivity contribution >= 4 is 5.69 Å². The van der Waals surface area contributed by atoms with Crippen LogP contribution >= 0.6 is 0 Å². The Kier molecular flexibility index (Phi) is 4.39. The van der Waals surface area contributed by atoms with Crippen LogP contribution in [-0.4, -0.2) is 20.1 Å². The van der Waals surface area contributed by atoms with Crippen LogP contribution in [0.5, 0.6) is 0 Å². The number of aromatic nitrogens is 3. The normalized spacial score (nSPS) is 10.7. The van der Waals surface area contributed by atoms with Crippen molar-refractivity contribution in [2.24, 2.45) is 0 Å². The zero-order chi connectivity index (χ0) is 16.2. The van der Waals surface area contributed by atoms with Gasteiger partial charge in [0, 0.05) is 12.2 Å². The first-order chi connectivity index (χ1) is 11.2. The van der Waals surface area contributed by atoms with Gasteiger partial charge in [0.1, 0.15) is 5.69 Å². The Bertz CT molecular complexity index is 793. The molecule has 0 bridgehead atoms. The van der Waals surface area contributed by atoms with Crippen LogP contribution in [0.25, 0.3) is 5.69 Å². The summed E-state index contributed by atoms with van der Waals surface area (Å²) in [5.74, 6) is 0. The lowest BCUT2D eigenvalue weighted by molar-refractivity contribution is 0.276. The van der Waals surface area contributed by atoms with E-state index in [0.717, 1.165) is 17.9 Å². The number of nitrogens with zero attached hydrogens (tertiary/aromatic N) is 3. The fourth-order valence-corrected chi connectivity index (χ4v) is 2.47. The van der Waals surface area contributed by atoms with E-state index in [-0.39, 0.29) is 6.61 Å². The minimum Gasteiger partial charge on any atom is -0.390 e. The van der Waals surface area contributed by atoms with Gasteiger partial charge in [-0.15, -0.1) is 5.10 Å². The first-order valence-corrected chi connectivity index (χ1v) is 7.58. The van der Waals surface area contributed by atoms with Crippen LogP contribution in [0.15, 0.2) is 48.7 Å². The van der Waals surface area contributed by atoms with Gasteiger partial charge >= 0.3 is 0 Å². The van der Waals surface area contributed by atoms with Crippen molar-refractivity contribution in [3.8, 4) is 5.69 Å². The average Bonchev–Trinajstić information content (AvgIpc) is 3.04. The van der Waals surface area contributed by atoms with Gasteiger partial charge in [0.15, 0.2) is 0 Å². The molecule has 0 aliphatic carbocycles. The minimum absolute atomic E-state index is 0.102. The zero-order valence-electron chi connectivity index (χ0n) is 13.3. The third-order valence-electron chi connectivity index (χ3n) is 3.82. The molecule has 118 valence electrons. The predicted octanol–water partition coefficient (Wildman–Crippen LogP) is 2.99. The van der Waals surface area contributed by atoms with E-state index in [2.05, 4.69) is 47.7 Å². The van der Waals surface area contributed by atoms with Crippen LogP contribution in [0.4, 0.5) is 5.69 Å².